The fraction of sp³-hybridized carbons (Fsp3) is 0.125. The van der Waals surface area contributed by atoms with Crippen LogP contribution in [0.4, 0.5) is 0 Å². The highest BCUT2D eigenvalue weighted by Crippen LogP contribution is 2.28. The summed E-state index contributed by atoms with van der Waals surface area (Å²) in [4.78, 5) is 12.3. The van der Waals surface area contributed by atoms with Crippen molar-refractivity contribution in [2.24, 2.45) is 0 Å². The number of benzene rings is 3. The third-order valence-corrected chi connectivity index (χ3v) is 4.46. The summed E-state index contributed by atoms with van der Waals surface area (Å²) in [7, 11) is 1.56. The molecule has 4 rings (SSSR count). The molecule has 0 aliphatic heterocycles. The van der Waals surface area contributed by atoms with Gasteiger partial charge >= 0.3 is 0 Å². The summed E-state index contributed by atoms with van der Waals surface area (Å²) in [6.45, 7) is 0.442. The van der Waals surface area contributed by atoms with Crippen LogP contribution in [0.15, 0.2) is 71.1 Å². The molecule has 0 fully saturated rings. The largest absolute Gasteiger partial charge is 0.493 e. The van der Waals surface area contributed by atoms with Crippen LogP contribution in [0.25, 0.3) is 21.7 Å². The maximum absolute atomic E-state index is 12.3. The number of ether oxygens (including phenoxy) is 2. The molecule has 0 saturated heterocycles. The van der Waals surface area contributed by atoms with E-state index in [1.54, 1.807) is 19.2 Å². The van der Waals surface area contributed by atoms with Gasteiger partial charge in [-0.05, 0) is 23.6 Å². The fourth-order valence-electron chi connectivity index (χ4n) is 3.07. The van der Waals surface area contributed by atoms with Crippen molar-refractivity contribution in [1.29, 1.82) is 0 Å². The van der Waals surface area contributed by atoms with Gasteiger partial charge in [0.25, 0.3) is 5.91 Å². The first kappa shape index (κ1) is 18.5. The van der Waals surface area contributed by atoms with Gasteiger partial charge in [0.1, 0.15) is 12.4 Å². The Bertz CT molecular complexity index is 1220. The van der Waals surface area contributed by atoms with Crippen molar-refractivity contribution >= 4 is 27.6 Å². The average molecular weight is 385 g/mol. The molecule has 5 nitrogen and oxygen atoms in total. The number of amides is 1. The second-order valence-corrected chi connectivity index (χ2v) is 6.29. The lowest BCUT2D eigenvalue weighted by atomic mass is 10.1. The van der Waals surface area contributed by atoms with Crippen LogP contribution in [0.1, 0.15) is 10.6 Å². The van der Waals surface area contributed by atoms with Gasteiger partial charge < -0.3 is 19.2 Å². The predicted molar refractivity (Wildman–Crippen MR) is 112 cm³/mol. The molecule has 0 saturated carbocycles. The van der Waals surface area contributed by atoms with E-state index in [2.05, 4.69) is 17.2 Å². The van der Waals surface area contributed by atoms with Crippen LogP contribution in [-0.2, 0) is 0 Å². The summed E-state index contributed by atoms with van der Waals surface area (Å²) in [5.41, 5.74) is 0.551. The molecule has 144 valence electrons. The van der Waals surface area contributed by atoms with Crippen molar-refractivity contribution < 1.29 is 18.7 Å². The van der Waals surface area contributed by atoms with E-state index in [1.165, 1.54) is 0 Å². The zero-order valence-corrected chi connectivity index (χ0v) is 15.9. The van der Waals surface area contributed by atoms with Crippen LogP contribution >= 0.6 is 0 Å². The van der Waals surface area contributed by atoms with Crippen molar-refractivity contribution in [3.8, 4) is 23.3 Å². The Morgan fingerprint density at radius 2 is 1.72 bits per heavy atom. The van der Waals surface area contributed by atoms with E-state index in [9.17, 15) is 4.79 Å². The van der Waals surface area contributed by atoms with Crippen LogP contribution in [0, 0.1) is 11.8 Å². The van der Waals surface area contributed by atoms with E-state index in [0.717, 1.165) is 21.9 Å². The van der Waals surface area contributed by atoms with Crippen molar-refractivity contribution in [3.63, 3.8) is 0 Å². The van der Waals surface area contributed by atoms with E-state index in [-0.39, 0.29) is 24.8 Å². The summed E-state index contributed by atoms with van der Waals surface area (Å²) in [5, 5.41) is 5.70. The highest BCUT2D eigenvalue weighted by molar-refractivity contribution is 5.97. The molecular weight excluding hydrogens is 366 g/mol. The van der Waals surface area contributed by atoms with E-state index >= 15 is 0 Å². The Labute approximate surface area is 168 Å². The number of methoxy groups -OCH3 is 1. The first-order valence-electron chi connectivity index (χ1n) is 9.17. The second-order valence-electron chi connectivity index (χ2n) is 6.29. The maximum atomic E-state index is 12.3. The van der Waals surface area contributed by atoms with E-state index in [4.69, 9.17) is 13.9 Å². The molecule has 1 heterocycles. The number of rotatable bonds is 5. The molecule has 0 aliphatic carbocycles. The summed E-state index contributed by atoms with van der Waals surface area (Å²) in [6, 6.07) is 21.1. The summed E-state index contributed by atoms with van der Waals surface area (Å²) >= 11 is 0. The minimum absolute atomic E-state index is 0.200. The summed E-state index contributed by atoms with van der Waals surface area (Å²) in [6.07, 6.45) is 0. The fourth-order valence-corrected chi connectivity index (χ4v) is 3.07. The molecule has 1 aromatic heterocycles. The van der Waals surface area contributed by atoms with E-state index in [1.807, 2.05) is 54.6 Å². The van der Waals surface area contributed by atoms with Gasteiger partial charge in [0.15, 0.2) is 17.1 Å². The van der Waals surface area contributed by atoms with Gasteiger partial charge in [-0.2, -0.15) is 0 Å². The van der Waals surface area contributed by atoms with Crippen LogP contribution in [-0.4, -0.2) is 26.2 Å². The lowest BCUT2D eigenvalue weighted by molar-refractivity contribution is 0.0933. The molecular formula is C24H19NO4. The highest BCUT2D eigenvalue weighted by atomic mass is 16.5. The lowest BCUT2D eigenvalue weighted by Gasteiger charge is -2.06. The molecule has 3 aromatic carbocycles. The topological polar surface area (TPSA) is 60.7 Å². The van der Waals surface area contributed by atoms with Crippen molar-refractivity contribution in [2.75, 3.05) is 20.3 Å². The van der Waals surface area contributed by atoms with E-state index in [0.29, 0.717) is 11.3 Å². The number of carbonyl (C=O) groups excluding carboxylic acids is 1. The van der Waals surface area contributed by atoms with Gasteiger partial charge in [0, 0.05) is 10.8 Å². The number of furan rings is 1. The number of hydrogen-bond acceptors (Lipinski definition) is 4. The third-order valence-electron chi connectivity index (χ3n) is 4.46. The number of hydrogen-bond donors (Lipinski definition) is 1. The van der Waals surface area contributed by atoms with Crippen molar-refractivity contribution in [1.82, 2.24) is 5.32 Å². The first-order valence-corrected chi connectivity index (χ1v) is 9.17. The lowest BCUT2D eigenvalue weighted by Crippen LogP contribution is -2.23. The molecule has 1 N–H and O–H groups in total. The van der Waals surface area contributed by atoms with Gasteiger partial charge in [0.05, 0.1) is 13.7 Å². The Hall–Kier alpha value is -3.91. The summed E-state index contributed by atoms with van der Waals surface area (Å²) < 4.78 is 16.6. The molecule has 0 unspecified atom stereocenters. The molecule has 5 heteroatoms. The first-order chi connectivity index (χ1) is 14.3. The van der Waals surface area contributed by atoms with Gasteiger partial charge in [-0.25, -0.2) is 0 Å². The second kappa shape index (κ2) is 8.41. The number of fused-ring (bicyclic) bond motifs is 2. The van der Waals surface area contributed by atoms with Crippen LogP contribution in [0.3, 0.4) is 0 Å². The zero-order chi connectivity index (χ0) is 20.1. The zero-order valence-electron chi connectivity index (χ0n) is 15.9. The minimum Gasteiger partial charge on any atom is -0.493 e. The maximum Gasteiger partial charge on any atom is 0.287 e. The van der Waals surface area contributed by atoms with Gasteiger partial charge in [-0.15, -0.1) is 0 Å². The van der Waals surface area contributed by atoms with Gasteiger partial charge in [-0.3, -0.25) is 4.79 Å². The molecule has 1 amide bonds. The Balaban J connectivity index is 1.33. The quantitative estimate of drug-likeness (QED) is 0.517. The van der Waals surface area contributed by atoms with Gasteiger partial charge in [-0.1, -0.05) is 60.4 Å². The summed E-state index contributed by atoms with van der Waals surface area (Å²) in [5.74, 6) is 7.07. The Morgan fingerprint density at radius 1 is 0.966 bits per heavy atom. The van der Waals surface area contributed by atoms with Crippen LogP contribution < -0.4 is 14.8 Å². The molecule has 4 aromatic rings. The standard InChI is InChI=1S/C24H19NO4/c1-27-21-13-7-10-18-16-22(29-23(18)21)24(26)25-14-4-5-15-28-20-12-6-9-17-8-2-3-11-19(17)20/h2-3,6-13,16H,14-15H2,1H3,(H,25,26). The van der Waals surface area contributed by atoms with E-state index < -0.39 is 0 Å². The predicted octanol–water partition coefficient (Wildman–Crippen LogP) is 4.41. The Kier molecular flexibility index (Phi) is 5.35. The average Bonchev–Trinajstić information content (AvgIpc) is 3.20. The molecule has 0 spiro atoms. The molecule has 0 bridgehead atoms. The monoisotopic (exact) mass is 385 g/mol. The minimum atomic E-state index is -0.326. The van der Waals surface area contributed by atoms with Crippen LogP contribution in [0.2, 0.25) is 0 Å². The molecule has 0 aliphatic rings. The highest BCUT2D eigenvalue weighted by Gasteiger charge is 2.13. The molecule has 0 atom stereocenters. The van der Waals surface area contributed by atoms with Crippen molar-refractivity contribution in [2.45, 2.75) is 0 Å². The SMILES string of the molecule is COc1cccc2cc(C(=O)NCC#CCOc3cccc4ccccc34)oc12. The Morgan fingerprint density at radius 3 is 2.59 bits per heavy atom. The van der Waals surface area contributed by atoms with Crippen LogP contribution in [0.5, 0.6) is 11.5 Å². The van der Waals surface area contributed by atoms with Gasteiger partial charge in [0.2, 0.25) is 0 Å². The number of nitrogens with one attached hydrogen (secondary N) is 1. The van der Waals surface area contributed by atoms with Crippen molar-refractivity contribution in [3.05, 3.63) is 72.5 Å². The number of carbonyl (C=O) groups is 1. The third kappa shape index (κ3) is 4.02. The normalized spacial score (nSPS) is 10.4. The number of para-hydroxylation sites is 1. The smallest absolute Gasteiger partial charge is 0.287 e. The molecule has 29 heavy (non-hydrogen) atoms. The molecule has 0 radical (unpaired) electrons.